The minimum atomic E-state index is -0.700. The third-order valence-corrected chi connectivity index (χ3v) is 5.97. The van der Waals surface area contributed by atoms with Crippen molar-refractivity contribution in [1.82, 2.24) is 0 Å². The summed E-state index contributed by atoms with van der Waals surface area (Å²) in [7, 11) is 1.58. The van der Waals surface area contributed by atoms with Crippen LogP contribution in [0.1, 0.15) is 23.1 Å². The maximum Gasteiger partial charge on any atom is 0.186 e. The number of rotatable bonds is 11. The summed E-state index contributed by atoms with van der Waals surface area (Å²) in [4.78, 5) is 0. The summed E-state index contributed by atoms with van der Waals surface area (Å²) in [6, 6.07) is 32.0. The van der Waals surface area contributed by atoms with Gasteiger partial charge in [0, 0.05) is 7.11 Å². The lowest BCUT2D eigenvalue weighted by Gasteiger charge is -2.45. The molecule has 182 valence electrons. The summed E-state index contributed by atoms with van der Waals surface area (Å²) in [5.74, 6) is 0. The van der Waals surface area contributed by atoms with E-state index in [4.69, 9.17) is 23.7 Å². The molecular formula is C29H31NO5. The van der Waals surface area contributed by atoms with Crippen LogP contribution in [0.2, 0.25) is 0 Å². The van der Waals surface area contributed by atoms with Crippen LogP contribution in [0.4, 0.5) is 0 Å². The zero-order chi connectivity index (χ0) is 24.3. The van der Waals surface area contributed by atoms with Gasteiger partial charge in [0.1, 0.15) is 24.4 Å². The highest BCUT2D eigenvalue weighted by atomic mass is 16.7. The van der Waals surface area contributed by atoms with E-state index in [0.717, 1.165) is 16.7 Å². The molecule has 6 heteroatoms. The van der Waals surface area contributed by atoms with Crippen molar-refractivity contribution in [2.24, 2.45) is 0 Å². The van der Waals surface area contributed by atoms with Crippen LogP contribution in [0.15, 0.2) is 91.0 Å². The van der Waals surface area contributed by atoms with E-state index in [-0.39, 0.29) is 6.42 Å². The van der Waals surface area contributed by atoms with E-state index >= 15 is 0 Å². The zero-order valence-corrected chi connectivity index (χ0v) is 19.9. The lowest BCUT2D eigenvalue weighted by molar-refractivity contribution is -0.316. The van der Waals surface area contributed by atoms with Crippen molar-refractivity contribution in [3.8, 4) is 6.07 Å². The number of hydrogen-bond acceptors (Lipinski definition) is 6. The molecule has 5 atom stereocenters. The van der Waals surface area contributed by atoms with Gasteiger partial charge in [0.2, 0.25) is 0 Å². The third kappa shape index (κ3) is 6.98. The number of nitriles is 1. The molecule has 0 radical (unpaired) electrons. The second kappa shape index (κ2) is 13.1. The van der Waals surface area contributed by atoms with E-state index in [0.29, 0.717) is 19.8 Å². The van der Waals surface area contributed by atoms with Gasteiger partial charge in [-0.3, -0.25) is 0 Å². The average molecular weight is 474 g/mol. The molecule has 4 rings (SSSR count). The summed E-state index contributed by atoms with van der Waals surface area (Å²) >= 11 is 0. The molecule has 1 fully saturated rings. The molecule has 0 unspecified atom stereocenters. The lowest BCUT2D eigenvalue weighted by Crippen LogP contribution is -2.60. The SMILES string of the molecule is CO[C@H]1O[C@H](CC#N)[C@@H](OCc2ccccc2)[C@H](OCc2ccccc2)[C@@H]1OCc1ccccc1. The quantitative estimate of drug-likeness (QED) is 0.389. The van der Waals surface area contributed by atoms with Crippen molar-refractivity contribution >= 4 is 0 Å². The molecule has 0 N–H and O–H groups in total. The Bertz CT molecular complexity index is 1040. The minimum absolute atomic E-state index is 0.149. The molecule has 0 bridgehead atoms. The van der Waals surface area contributed by atoms with Gasteiger partial charge >= 0.3 is 0 Å². The molecule has 0 saturated carbocycles. The summed E-state index contributed by atoms with van der Waals surface area (Å²) in [6.45, 7) is 1.11. The van der Waals surface area contributed by atoms with Crippen LogP contribution in [0, 0.1) is 11.3 Å². The predicted molar refractivity (Wildman–Crippen MR) is 131 cm³/mol. The van der Waals surface area contributed by atoms with Gasteiger partial charge in [-0.15, -0.1) is 0 Å². The van der Waals surface area contributed by atoms with E-state index in [1.807, 2.05) is 91.0 Å². The van der Waals surface area contributed by atoms with Gasteiger partial charge in [-0.05, 0) is 16.7 Å². The first-order chi connectivity index (χ1) is 17.3. The first-order valence-corrected chi connectivity index (χ1v) is 11.8. The van der Waals surface area contributed by atoms with E-state index in [9.17, 15) is 5.26 Å². The van der Waals surface area contributed by atoms with Crippen LogP contribution < -0.4 is 0 Å². The van der Waals surface area contributed by atoms with Crippen LogP contribution in [-0.4, -0.2) is 37.8 Å². The van der Waals surface area contributed by atoms with Crippen LogP contribution in [0.3, 0.4) is 0 Å². The Hall–Kier alpha value is -3.05. The van der Waals surface area contributed by atoms with E-state index in [1.165, 1.54) is 0 Å². The summed E-state index contributed by atoms with van der Waals surface area (Å²) in [5.41, 5.74) is 3.10. The Labute approximate surface area is 207 Å². The summed E-state index contributed by atoms with van der Waals surface area (Å²) in [6.07, 6.45) is -2.67. The van der Waals surface area contributed by atoms with Gasteiger partial charge in [-0.2, -0.15) is 5.26 Å². The van der Waals surface area contributed by atoms with Crippen molar-refractivity contribution in [3.63, 3.8) is 0 Å². The van der Waals surface area contributed by atoms with E-state index in [1.54, 1.807) is 7.11 Å². The van der Waals surface area contributed by atoms with Crippen LogP contribution >= 0.6 is 0 Å². The normalized spacial score (nSPS) is 24.1. The second-order valence-electron chi connectivity index (χ2n) is 8.42. The third-order valence-electron chi connectivity index (χ3n) is 5.97. The average Bonchev–Trinajstić information content (AvgIpc) is 2.92. The zero-order valence-electron chi connectivity index (χ0n) is 19.9. The van der Waals surface area contributed by atoms with E-state index < -0.39 is 30.7 Å². The van der Waals surface area contributed by atoms with Gasteiger partial charge in [-0.1, -0.05) is 91.0 Å². The smallest absolute Gasteiger partial charge is 0.186 e. The molecule has 0 aromatic heterocycles. The standard InChI is InChI=1S/C29H31NO5/c1-31-29-28(34-21-24-15-9-4-10-16-24)27(33-20-23-13-7-3-8-14-23)26(25(35-29)17-18-30)32-19-22-11-5-2-6-12-22/h2-16,25-29H,17,19-21H2,1H3/t25-,26-,27+,28+,29+/m1/s1. The monoisotopic (exact) mass is 473 g/mol. The number of ether oxygens (including phenoxy) is 5. The largest absolute Gasteiger partial charge is 0.368 e. The summed E-state index contributed by atoms with van der Waals surface area (Å²) < 4.78 is 31.0. The van der Waals surface area contributed by atoms with Crippen LogP contribution in [-0.2, 0) is 43.5 Å². The minimum Gasteiger partial charge on any atom is -0.368 e. The molecule has 1 saturated heterocycles. The topological polar surface area (TPSA) is 69.9 Å². The maximum absolute atomic E-state index is 9.49. The van der Waals surface area contributed by atoms with Gasteiger partial charge < -0.3 is 23.7 Å². The highest BCUT2D eigenvalue weighted by Crippen LogP contribution is 2.32. The summed E-state index contributed by atoms with van der Waals surface area (Å²) in [5, 5.41) is 9.49. The molecule has 3 aromatic rings. The number of benzene rings is 3. The highest BCUT2D eigenvalue weighted by molar-refractivity contribution is 5.15. The molecule has 0 spiro atoms. The Balaban J connectivity index is 1.58. The van der Waals surface area contributed by atoms with Crippen molar-refractivity contribution < 1.29 is 23.7 Å². The molecule has 35 heavy (non-hydrogen) atoms. The fourth-order valence-electron chi connectivity index (χ4n) is 4.19. The Kier molecular flexibility index (Phi) is 9.41. The fourth-order valence-corrected chi connectivity index (χ4v) is 4.19. The van der Waals surface area contributed by atoms with Gasteiger partial charge in [0.15, 0.2) is 6.29 Å². The van der Waals surface area contributed by atoms with Crippen LogP contribution in [0.25, 0.3) is 0 Å². The predicted octanol–water partition coefficient (Wildman–Crippen LogP) is 5.03. The molecule has 1 aliphatic rings. The van der Waals surface area contributed by atoms with Gasteiger partial charge in [0.05, 0.1) is 32.3 Å². The first kappa shape index (κ1) is 25.1. The molecule has 6 nitrogen and oxygen atoms in total. The van der Waals surface area contributed by atoms with E-state index in [2.05, 4.69) is 6.07 Å². The highest BCUT2D eigenvalue weighted by Gasteiger charge is 2.48. The Morgan fingerprint density at radius 1 is 0.657 bits per heavy atom. The van der Waals surface area contributed by atoms with Crippen molar-refractivity contribution in [1.29, 1.82) is 5.26 Å². The number of methoxy groups -OCH3 is 1. The fraction of sp³-hybridized carbons (Fsp3) is 0.345. The Morgan fingerprint density at radius 3 is 1.51 bits per heavy atom. The molecular weight excluding hydrogens is 442 g/mol. The Morgan fingerprint density at radius 2 is 1.09 bits per heavy atom. The molecule has 1 aliphatic heterocycles. The number of hydrogen-bond donors (Lipinski definition) is 0. The van der Waals surface area contributed by atoms with Crippen molar-refractivity contribution in [2.75, 3.05) is 7.11 Å². The van der Waals surface area contributed by atoms with Crippen molar-refractivity contribution in [2.45, 2.75) is 56.9 Å². The van der Waals surface area contributed by atoms with Gasteiger partial charge in [-0.25, -0.2) is 0 Å². The molecule has 3 aromatic carbocycles. The number of nitrogens with zero attached hydrogens (tertiary/aromatic N) is 1. The van der Waals surface area contributed by atoms with Crippen LogP contribution in [0.5, 0.6) is 0 Å². The molecule has 0 aliphatic carbocycles. The van der Waals surface area contributed by atoms with Crippen molar-refractivity contribution in [3.05, 3.63) is 108 Å². The molecule has 0 amide bonds. The maximum atomic E-state index is 9.49. The first-order valence-electron chi connectivity index (χ1n) is 11.8. The second-order valence-corrected chi connectivity index (χ2v) is 8.42. The lowest BCUT2D eigenvalue weighted by atomic mass is 9.96. The molecule has 1 heterocycles. The van der Waals surface area contributed by atoms with Gasteiger partial charge in [0.25, 0.3) is 0 Å².